The largest absolute Gasteiger partial charge is 0.441 e. The number of carbonyl (C=O) groups is 2. The van der Waals surface area contributed by atoms with Crippen LogP contribution in [-0.2, 0) is 24.0 Å². The molecule has 3 aliphatic rings. The molecule has 2 aromatic rings. The van der Waals surface area contributed by atoms with Crippen molar-refractivity contribution >= 4 is 23.3 Å². The summed E-state index contributed by atoms with van der Waals surface area (Å²) in [5.41, 5.74) is -0.362. The van der Waals surface area contributed by atoms with Crippen LogP contribution in [0.15, 0.2) is 36.4 Å². The number of hydrogen-bond acceptors (Lipinski definition) is 6. The molecule has 7 nitrogen and oxygen atoms in total. The highest BCUT2D eigenvalue weighted by molar-refractivity contribution is 7.14. The standard InChI is InChI=1S/C26H31F3N4O3S/c27-26(28,29)19-3-1-18(2-4-19)15-32-13-9-25(10-14-32)17-33(24(35)36-25)16-21-5-6-22(37-21)23(34)31-20-7-11-30-12-8-20/h1-6,20,30H,7-17H2,(H,31,34). The predicted octanol–water partition coefficient (Wildman–Crippen LogP) is 4.24. The number of likely N-dealkylation sites (tertiary alicyclic amines) is 1. The predicted molar refractivity (Wildman–Crippen MR) is 133 cm³/mol. The van der Waals surface area contributed by atoms with E-state index in [0.29, 0.717) is 50.4 Å². The Balaban J connectivity index is 1.11. The molecule has 37 heavy (non-hydrogen) atoms. The smallest absolute Gasteiger partial charge is 0.416 e. The zero-order valence-electron chi connectivity index (χ0n) is 20.5. The molecule has 5 rings (SSSR count). The highest BCUT2D eigenvalue weighted by atomic mass is 32.1. The average Bonchev–Trinajstić information content (AvgIpc) is 3.46. The maximum absolute atomic E-state index is 12.8. The number of rotatable bonds is 6. The van der Waals surface area contributed by atoms with Crippen LogP contribution in [0.25, 0.3) is 0 Å². The van der Waals surface area contributed by atoms with Crippen LogP contribution < -0.4 is 10.6 Å². The Kier molecular flexibility index (Phi) is 7.46. The first-order valence-electron chi connectivity index (χ1n) is 12.7. The number of nitrogens with one attached hydrogen (secondary N) is 2. The van der Waals surface area contributed by atoms with Gasteiger partial charge in [-0.2, -0.15) is 13.2 Å². The molecular weight excluding hydrogens is 505 g/mol. The maximum Gasteiger partial charge on any atom is 0.416 e. The van der Waals surface area contributed by atoms with Crippen LogP contribution >= 0.6 is 11.3 Å². The Morgan fingerprint density at radius 2 is 1.78 bits per heavy atom. The molecule has 0 radical (unpaired) electrons. The van der Waals surface area contributed by atoms with Crippen LogP contribution in [0.2, 0.25) is 0 Å². The lowest BCUT2D eigenvalue weighted by atomic mass is 9.91. The summed E-state index contributed by atoms with van der Waals surface area (Å²) >= 11 is 1.40. The van der Waals surface area contributed by atoms with Crippen LogP contribution in [0, 0.1) is 0 Å². The fourth-order valence-corrected chi connectivity index (χ4v) is 6.17. The molecule has 3 fully saturated rings. The van der Waals surface area contributed by atoms with E-state index >= 15 is 0 Å². The van der Waals surface area contributed by atoms with Gasteiger partial charge in [-0.25, -0.2) is 4.79 Å². The van der Waals surface area contributed by atoms with E-state index in [1.807, 2.05) is 12.1 Å². The van der Waals surface area contributed by atoms with Gasteiger partial charge in [0.1, 0.15) is 5.60 Å². The van der Waals surface area contributed by atoms with E-state index in [-0.39, 0.29) is 18.0 Å². The maximum atomic E-state index is 12.8. The lowest BCUT2D eigenvalue weighted by Crippen LogP contribution is -2.46. The van der Waals surface area contributed by atoms with Crippen LogP contribution in [0.1, 0.15) is 51.4 Å². The average molecular weight is 537 g/mol. The third-order valence-corrected chi connectivity index (χ3v) is 8.47. The molecule has 0 unspecified atom stereocenters. The minimum atomic E-state index is -4.34. The van der Waals surface area contributed by atoms with Gasteiger partial charge in [0.2, 0.25) is 0 Å². The van der Waals surface area contributed by atoms with Crippen molar-refractivity contribution in [1.82, 2.24) is 20.4 Å². The molecule has 2 N–H and O–H groups in total. The number of carbonyl (C=O) groups excluding carboxylic acids is 2. The molecule has 200 valence electrons. The van der Waals surface area contributed by atoms with E-state index in [1.54, 1.807) is 4.90 Å². The van der Waals surface area contributed by atoms with Crippen LogP contribution in [-0.4, -0.2) is 66.2 Å². The monoisotopic (exact) mass is 536 g/mol. The van der Waals surface area contributed by atoms with Crippen LogP contribution in [0.5, 0.6) is 0 Å². The third-order valence-electron chi connectivity index (χ3n) is 7.40. The van der Waals surface area contributed by atoms with Gasteiger partial charge in [0.25, 0.3) is 5.91 Å². The van der Waals surface area contributed by atoms with Gasteiger partial charge in [-0.3, -0.25) is 14.6 Å². The molecular formula is C26H31F3N4O3S. The Morgan fingerprint density at radius 1 is 1.08 bits per heavy atom. The van der Waals surface area contributed by atoms with Gasteiger partial charge in [0, 0.05) is 43.4 Å². The summed E-state index contributed by atoms with van der Waals surface area (Å²) < 4.78 is 44.2. The minimum Gasteiger partial charge on any atom is -0.441 e. The summed E-state index contributed by atoms with van der Waals surface area (Å²) in [7, 11) is 0. The third kappa shape index (κ3) is 6.27. The molecule has 11 heteroatoms. The Hall–Kier alpha value is -2.63. The second-order valence-corrected chi connectivity index (χ2v) is 11.3. The van der Waals surface area contributed by atoms with Crippen molar-refractivity contribution in [3.8, 4) is 0 Å². The Bertz CT molecular complexity index is 1110. The van der Waals surface area contributed by atoms with E-state index in [9.17, 15) is 22.8 Å². The quantitative estimate of drug-likeness (QED) is 0.578. The van der Waals surface area contributed by atoms with Crippen molar-refractivity contribution in [2.24, 2.45) is 0 Å². The molecule has 2 amide bonds. The summed E-state index contributed by atoms with van der Waals surface area (Å²) in [6.45, 7) is 4.67. The van der Waals surface area contributed by atoms with Gasteiger partial charge in [0.05, 0.1) is 23.5 Å². The second kappa shape index (κ2) is 10.6. The van der Waals surface area contributed by atoms with E-state index < -0.39 is 17.3 Å². The van der Waals surface area contributed by atoms with Gasteiger partial charge in [-0.05, 0) is 55.8 Å². The molecule has 1 aromatic carbocycles. The summed E-state index contributed by atoms with van der Waals surface area (Å²) in [5, 5.41) is 6.39. The molecule has 1 aromatic heterocycles. The first-order valence-corrected chi connectivity index (χ1v) is 13.5. The zero-order chi connectivity index (χ0) is 26.0. The van der Waals surface area contributed by atoms with Gasteiger partial charge in [-0.1, -0.05) is 12.1 Å². The second-order valence-electron chi connectivity index (χ2n) is 10.1. The number of ether oxygens (including phenoxy) is 1. The fraction of sp³-hybridized carbons (Fsp3) is 0.538. The number of halogens is 3. The number of benzene rings is 1. The fourth-order valence-electron chi connectivity index (χ4n) is 5.25. The molecule has 0 atom stereocenters. The molecule has 0 saturated carbocycles. The number of piperidine rings is 2. The number of amides is 2. The summed E-state index contributed by atoms with van der Waals surface area (Å²) in [6, 6.07) is 9.17. The Labute approximate surface area is 218 Å². The van der Waals surface area contributed by atoms with Crippen molar-refractivity contribution in [1.29, 1.82) is 0 Å². The van der Waals surface area contributed by atoms with Gasteiger partial charge in [0.15, 0.2) is 0 Å². The highest BCUT2D eigenvalue weighted by Crippen LogP contribution is 2.35. The Morgan fingerprint density at radius 3 is 2.46 bits per heavy atom. The van der Waals surface area contributed by atoms with E-state index in [2.05, 4.69) is 15.5 Å². The molecule has 0 aliphatic carbocycles. The molecule has 3 aliphatic heterocycles. The summed E-state index contributed by atoms with van der Waals surface area (Å²) in [4.78, 5) is 30.7. The lowest BCUT2D eigenvalue weighted by Gasteiger charge is -2.37. The van der Waals surface area contributed by atoms with E-state index in [0.717, 1.165) is 48.5 Å². The van der Waals surface area contributed by atoms with Gasteiger partial charge < -0.3 is 15.4 Å². The van der Waals surface area contributed by atoms with Crippen molar-refractivity contribution < 1.29 is 27.5 Å². The number of alkyl halides is 3. The first kappa shape index (κ1) is 26.0. The summed E-state index contributed by atoms with van der Waals surface area (Å²) in [5.74, 6) is -0.0657. The van der Waals surface area contributed by atoms with Crippen molar-refractivity contribution in [3.05, 3.63) is 57.3 Å². The van der Waals surface area contributed by atoms with E-state index in [1.165, 1.54) is 23.5 Å². The van der Waals surface area contributed by atoms with Crippen LogP contribution in [0.4, 0.5) is 18.0 Å². The molecule has 4 heterocycles. The normalized spacial score (nSPS) is 20.8. The van der Waals surface area contributed by atoms with Gasteiger partial charge in [-0.15, -0.1) is 11.3 Å². The van der Waals surface area contributed by atoms with Crippen LogP contribution in [0.3, 0.4) is 0 Å². The minimum absolute atomic E-state index is 0.0657. The number of hydrogen-bond donors (Lipinski definition) is 2. The van der Waals surface area contributed by atoms with Crippen molar-refractivity contribution in [2.75, 3.05) is 32.7 Å². The van der Waals surface area contributed by atoms with Crippen molar-refractivity contribution in [3.63, 3.8) is 0 Å². The van der Waals surface area contributed by atoms with Gasteiger partial charge >= 0.3 is 12.3 Å². The topological polar surface area (TPSA) is 73.9 Å². The van der Waals surface area contributed by atoms with E-state index in [4.69, 9.17) is 4.74 Å². The molecule has 0 bridgehead atoms. The summed E-state index contributed by atoms with van der Waals surface area (Å²) in [6.07, 6.45) is -1.49. The number of thiophene rings is 1. The first-order chi connectivity index (χ1) is 17.7. The molecule has 3 saturated heterocycles. The highest BCUT2D eigenvalue weighted by Gasteiger charge is 2.47. The molecule has 1 spiro atoms. The van der Waals surface area contributed by atoms with Crippen molar-refractivity contribution in [2.45, 2.75) is 56.6 Å². The SMILES string of the molecule is O=C(NC1CCNCC1)c1ccc(CN2CC3(CCN(Cc4ccc(C(F)(F)F)cc4)CC3)OC2=O)s1. The number of nitrogens with zero attached hydrogens (tertiary/aromatic N) is 2. The lowest BCUT2D eigenvalue weighted by molar-refractivity contribution is -0.137. The zero-order valence-corrected chi connectivity index (χ0v) is 21.3.